The van der Waals surface area contributed by atoms with Gasteiger partial charge in [-0.2, -0.15) is 0 Å². The molecule has 0 amide bonds. The molecule has 0 bridgehead atoms. The fourth-order valence-electron chi connectivity index (χ4n) is 2.55. The monoisotopic (exact) mass is 294 g/mol. The van der Waals surface area contributed by atoms with Gasteiger partial charge in [0.25, 0.3) is 5.92 Å². The van der Waals surface area contributed by atoms with Gasteiger partial charge in [-0.15, -0.1) is 0 Å². The smallest absolute Gasteiger partial charge is 0.267 e. The molecule has 2 aromatic rings. The van der Waals surface area contributed by atoms with Gasteiger partial charge in [0.2, 0.25) is 0 Å². The van der Waals surface area contributed by atoms with Gasteiger partial charge in [0.1, 0.15) is 17.5 Å². The van der Waals surface area contributed by atoms with E-state index >= 15 is 0 Å². The lowest BCUT2D eigenvalue weighted by molar-refractivity contribution is 0.0222. The molecule has 2 N–H and O–H groups in total. The Labute approximate surface area is 119 Å². The van der Waals surface area contributed by atoms with Crippen LogP contribution in [0.5, 0.6) is 0 Å². The van der Waals surface area contributed by atoms with E-state index in [4.69, 9.17) is 5.73 Å². The molecule has 0 radical (unpaired) electrons. The van der Waals surface area contributed by atoms with Crippen LogP contribution in [0, 0.1) is 5.82 Å². The van der Waals surface area contributed by atoms with Crippen molar-refractivity contribution in [3.8, 4) is 0 Å². The molecule has 1 aromatic heterocycles. The van der Waals surface area contributed by atoms with Gasteiger partial charge in [0.05, 0.1) is 25.0 Å². The second kappa shape index (κ2) is 4.91. The number of halogens is 3. The highest BCUT2D eigenvalue weighted by Crippen LogP contribution is 2.42. The van der Waals surface area contributed by atoms with Crippen molar-refractivity contribution in [2.75, 3.05) is 17.2 Å². The van der Waals surface area contributed by atoms with Crippen molar-refractivity contribution in [1.82, 2.24) is 9.97 Å². The van der Waals surface area contributed by atoms with Crippen LogP contribution in [0.4, 0.5) is 24.8 Å². The zero-order valence-corrected chi connectivity index (χ0v) is 11.0. The molecule has 1 aliphatic heterocycles. The Balaban J connectivity index is 1.98. The van der Waals surface area contributed by atoms with Crippen LogP contribution in [0.3, 0.4) is 0 Å². The van der Waals surface area contributed by atoms with Gasteiger partial charge >= 0.3 is 0 Å². The molecular weight excluding hydrogens is 281 g/mol. The highest BCUT2D eigenvalue weighted by atomic mass is 19.3. The molecule has 1 aliphatic rings. The van der Waals surface area contributed by atoms with E-state index in [1.165, 1.54) is 35.5 Å². The van der Waals surface area contributed by atoms with Gasteiger partial charge in [-0.05, 0) is 17.7 Å². The van der Waals surface area contributed by atoms with Crippen molar-refractivity contribution >= 4 is 11.6 Å². The molecule has 1 atom stereocenters. The summed E-state index contributed by atoms with van der Waals surface area (Å²) in [6.45, 7) is -0.479. The Morgan fingerprint density at radius 2 is 2.05 bits per heavy atom. The molecule has 2 heterocycles. The molecule has 110 valence electrons. The van der Waals surface area contributed by atoms with E-state index in [0.717, 1.165) is 0 Å². The first-order valence-electron chi connectivity index (χ1n) is 6.42. The molecule has 1 fully saturated rings. The molecule has 4 nitrogen and oxygen atoms in total. The number of benzene rings is 1. The van der Waals surface area contributed by atoms with E-state index < -0.39 is 24.3 Å². The molecule has 0 saturated carbocycles. The second-order valence-corrected chi connectivity index (χ2v) is 5.06. The summed E-state index contributed by atoms with van der Waals surface area (Å²) >= 11 is 0. The number of nitrogen functional groups attached to an aromatic ring is 1. The molecule has 0 aliphatic carbocycles. The zero-order valence-electron chi connectivity index (χ0n) is 11.0. The van der Waals surface area contributed by atoms with Crippen LogP contribution in [0.15, 0.2) is 36.7 Å². The van der Waals surface area contributed by atoms with E-state index in [9.17, 15) is 13.2 Å². The van der Waals surface area contributed by atoms with Crippen molar-refractivity contribution in [2.45, 2.75) is 18.4 Å². The molecule has 7 heteroatoms. The number of alkyl halides is 2. The minimum absolute atomic E-state index is 0.215. The first-order valence-corrected chi connectivity index (χ1v) is 6.42. The van der Waals surface area contributed by atoms with Gasteiger partial charge in [-0.1, -0.05) is 12.1 Å². The number of nitrogens with zero attached hydrogens (tertiary/aromatic N) is 3. The number of nitrogens with two attached hydrogens (primary N) is 1. The summed E-state index contributed by atoms with van der Waals surface area (Å²) in [6, 6.07) is 5.04. The first-order chi connectivity index (χ1) is 9.94. The number of hydrogen-bond donors (Lipinski definition) is 1. The number of rotatable bonds is 2. The van der Waals surface area contributed by atoms with Gasteiger partial charge in [0.15, 0.2) is 0 Å². The molecule has 3 rings (SSSR count). The van der Waals surface area contributed by atoms with E-state index in [-0.39, 0.29) is 12.2 Å². The Kier molecular flexibility index (Phi) is 3.19. The minimum atomic E-state index is -2.86. The largest absolute Gasteiger partial charge is 0.382 e. The average Bonchev–Trinajstić information content (AvgIpc) is 2.76. The number of hydrogen-bond acceptors (Lipinski definition) is 4. The SMILES string of the molecule is Nc1cnc(N2CC(F)(F)C[C@H]2c2cccc(F)c2)cn1. The lowest BCUT2D eigenvalue weighted by Crippen LogP contribution is -2.27. The summed E-state index contributed by atoms with van der Waals surface area (Å²) in [5.74, 6) is -2.80. The lowest BCUT2D eigenvalue weighted by atomic mass is 10.0. The Morgan fingerprint density at radius 3 is 2.71 bits per heavy atom. The maximum absolute atomic E-state index is 13.8. The van der Waals surface area contributed by atoms with Crippen LogP contribution < -0.4 is 10.6 Å². The standard InChI is InChI=1S/C14H13F3N4/c15-10-3-1-2-9(4-10)11-5-14(16,17)8-21(11)13-7-19-12(18)6-20-13/h1-4,6-7,11H,5,8H2,(H2,18,19)/t11-/m0/s1. The topological polar surface area (TPSA) is 55.0 Å². The average molecular weight is 294 g/mol. The Morgan fingerprint density at radius 1 is 1.24 bits per heavy atom. The summed E-state index contributed by atoms with van der Waals surface area (Å²) in [5, 5.41) is 0. The van der Waals surface area contributed by atoms with Crippen LogP contribution in [-0.4, -0.2) is 22.4 Å². The fourth-order valence-corrected chi connectivity index (χ4v) is 2.55. The van der Waals surface area contributed by atoms with Crippen molar-refractivity contribution in [3.63, 3.8) is 0 Å². The summed E-state index contributed by atoms with van der Waals surface area (Å²) in [6.07, 6.45) is 2.28. The Bertz CT molecular complexity index is 645. The van der Waals surface area contributed by atoms with Crippen molar-refractivity contribution < 1.29 is 13.2 Å². The third-order valence-electron chi connectivity index (χ3n) is 3.46. The molecule has 21 heavy (non-hydrogen) atoms. The number of aromatic nitrogens is 2. The third-order valence-corrected chi connectivity index (χ3v) is 3.46. The summed E-state index contributed by atoms with van der Waals surface area (Å²) in [4.78, 5) is 9.34. The van der Waals surface area contributed by atoms with Gasteiger partial charge in [-0.25, -0.2) is 23.1 Å². The summed E-state index contributed by atoms with van der Waals surface area (Å²) in [5.41, 5.74) is 5.95. The molecule has 1 aromatic carbocycles. The fraction of sp³-hybridized carbons (Fsp3) is 0.286. The zero-order chi connectivity index (χ0) is 15.0. The van der Waals surface area contributed by atoms with E-state index in [1.54, 1.807) is 6.07 Å². The molecule has 1 saturated heterocycles. The van der Waals surface area contributed by atoms with Crippen molar-refractivity contribution in [2.24, 2.45) is 0 Å². The predicted molar refractivity (Wildman–Crippen MR) is 72.5 cm³/mol. The predicted octanol–water partition coefficient (Wildman–Crippen LogP) is 2.78. The first kappa shape index (κ1) is 13.7. The van der Waals surface area contributed by atoms with Crippen LogP contribution >= 0.6 is 0 Å². The van der Waals surface area contributed by atoms with Crippen molar-refractivity contribution in [3.05, 3.63) is 48.0 Å². The van der Waals surface area contributed by atoms with Crippen LogP contribution in [-0.2, 0) is 0 Å². The highest BCUT2D eigenvalue weighted by molar-refractivity contribution is 5.45. The van der Waals surface area contributed by atoms with Gasteiger partial charge in [0, 0.05) is 6.42 Å². The van der Waals surface area contributed by atoms with Crippen LogP contribution in [0.25, 0.3) is 0 Å². The van der Waals surface area contributed by atoms with E-state index in [1.807, 2.05) is 0 Å². The second-order valence-electron chi connectivity index (χ2n) is 5.06. The van der Waals surface area contributed by atoms with E-state index in [0.29, 0.717) is 11.4 Å². The molecule has 0 unspecified atom stereocenters. The van der Waals surface area contributed by atoms with Gasteiger partial charge in [-0.3, -0.25) is 0 Å². The maximum atomic E-state index is 13.8. The van der Waals surface area contributed by atoms with Gasteiger partial charge < -0.3 is 10.6 Å². The number of anilines is 2. The molecule has 0 spiro atoms. The van der Waals surface area contributed by atoms with Crippen molar-refractivity contribution in [1.29, 1.82) is 0 Å². The summed E-state index contributed by atoms with van der Waals surface area (Å²) in [7, 11) is 0. The summed E-state index contributed by atoms with van der Waals surface area (Å²) < 4.78 is 40.9. The quantitative estimate of drug-likeness (QED) is 0.925. The lowest BCUT2D eigenvalue weighted by Gasteiger charge is -2.24. The minimum Gasteiger partial charge on any atom is -0.382 e. The molecular formula is C14H13F3N4. The third kappa shape index (κ3) is 2.76. The maximum Gasteiger partial charge on any atom is 0.267 e. The highest BCUT2D eigenvalue weighted by Gasteiger charge is 2.46. The van der Waals surface area contributed by atoms with Crippen LogP contribution in [0.2, 0.25) is 0 Å². The van der Waals surface area contributed by atoms with E-state index in [2.05, 4.69) is 9.97 Å². The Hall–Kier alpha value is -2.31. The normalized spacial score (nSPS) is 20.7. The van der Waals surface area contributed by atoms with Crippen LogP contribution in [0.1, 0.15) is 18.0 Å².